The standard InChI is InChI=1S/C21H19N3O4/c1-27-18-12-14(7-9-17(18)28-13-19(22)25)8-10-20(26)24-16-6-2-4-15-5-3-11-23-21(15)16/h2-12H,13H2,1H3,(H2,22,25)(H,24,26)/b10-8+. The van der Waals surface area contributed by atoms with Crippen LogP contribution in [0.3, 0.4) is 0 Å². The lowest BCUT2D eigenvalue weighted by molar-refractivity contribution is -0.120. The maximum absolute atomic E-state index is 12.3. The highest BCUT2D eigenvalue weighted by molar-refractivity contribution is 6.06. The number of para-hydroxylation sites is 1. The Hall–Kier alpha value is -3.87. The number of anilines is 1. The number of primary amides is 1. The van der Waals surface area contributed by atoms with Crippen molar-refractivity contribution in [2.24, 2.45) is 5.73 Å². The van der Waals surface area contributed by atoms with Crippen molar-refractivity contribution in [1.29, 1.82) is 0 Å². The maximum atomic E-state index is 12.3. The first kappa shape index (κ1) is 18.9. The van der Waals surface area contributed by atoms with Gasteiger partial charge in [0.25, 0.3) is 5.91 Å². The second-order valence-electron chi connectivity index (χ2n) is 5.87. The summed E-state index contributed by atoms with van der Waals surface area (Å²) in [7, 11) is 1.49. The van der Waals surface area contributed by atoms with Gasteiger partial charge in [-0.25, -0.2) is 0 Å². The molecule has 7 heteroatoms. The van der Waals surface area contributed by atoms with E-state index in [0.29, 0.717) is 17.2 Å². The quantitative estimate of drug-likeness (QED) is 0.616. The lowest BCUT2D eigenvalue weighted by Gasteiger charge is -2.10. The highest BCUT2D eigenvalue weighted by Gasteiger charge is 2.07. The second-order valence-corrected chi connectivity index (χ2v) is 5.87. The number of methoxy groups -OCH3 is 1. The van der Waals surface area contributed by atoms with Crippen LogP contribution in [0.1, 0.15) is 5.56 Å². The van der Waals surface area contributed by atoms with E-state index in [-0.39, 0.29) is 12.5 Å². The molecule has 0 unspecified atom stereocenters. The number of rotatable bonds is 7. The van der Waals surface area contributed by atoms with Gasteiger partial charge in [0.2, 0.25) is 5.91 Å². The fourth-order valence-corrected chi connectivity index (χ4v) is 2.61. The monoisotopic (exact) mass is 377 g/mol. The van der Waals surface area contributed by atoms with Crippen molar-refractivity contribution in [3.05, 3.63) is 66.4 Å². The minimum Gasteiger partial charge on any atom is -0.493 e. The first-order valence-electron chi connectivity index (χ1n) is 8.49. The maximum Gasteiger partial charge on any atom is 0.255 e. The van der Waals surface area contributed by atoms with Gasteiger partial charge in [-0.15, -0.1) is 0 Å². The zero-order chi connectivity index (χ0) is 19.9. The van der Waals surface area contributed by atoms with Gasteiger partial charge in [-0.1, -0.05) is 24.3 Å². The molecule has 0 saturated heterocycles. The van der Waals surface area contributed by atoms with Crippen LogP contribution in [0.2, 0.25) is 0 Å². The number of nitrogens with one attached hydrogen (secondary N) is 1. The number of nitrogens with zero attached hydrogens (tertiary/aromatic N) is 1. The number of benzene rings is 2. The molecule has 0 bridgehead atoms. The molecule has 0 radical (unpaired) electrons. The van der Waals surface area contributed by atoms with Crippen LogP contribution in [-0.4, -0.2) is 30.5 Å². The van der Waals surface area contributed by atoms with Gasteiger partial charge in [-0.05, 0) is 35.9 Å². The van der Waals surface area contributed by atoms with E-state index in [1.165, 1.54) is 13.2 Å². The minimum absolute atomic E-state index is 0.243. The molecule has 3 rings (SSSR count). The van der Waals surface area contributed by atoms with Crippen molar-refractivity contribution in [3.8, 4) is 11.5 Å². The molecule has 3 N–H and O–H groups in total. The number of ether oxygens (including phenoxy) is 2. The number of carbonyl (C=O) groups excluding carboxylic acids is 2. The Balaban J connectivity index is 1.72. The third-order valence-electron chi connectivity index (χ3n) is 3.88. The Morgan fingerprint density at radius 1 is 1.14 bits per heavy atom. The molecule has 2 aromatic carbocycles. The van der Waals surface area contributed by atoms with Gasteiger partial charge in [0.1, 0.15) is 0 Å². The number of carbonyl (C=O) groups is 2. The zero-order valence-corrected chi connectivity index (χ0v) is 15.2. The molecule has 0 spiro atoms. The molecule has 0 fully saturated rings. The SMILES string of the molecule is COc1cc(/C=C/C(=O)Nc2cccc3cccnc23)ccc1OCC(N)=O. The molecule has 1 aromatic heterocycles. The Labute approximate surface area is 161 Å². The van der Waals surface area contributed by atoms with Crippen molar-refractivity contribution >= 4 is 34.5 Å². The molecular formula is C21H19N3O4. The summed E-state index contributed by atoms with van der Waals surface area (Å²) in [4.78, 5) is 27.5. The number of nitrogens with two attached hydrogens (primary N) is 1. The molecule has 7 nitrogen and oxygen atoms in total. The number of pyridine rings is 1. The van der Waals surface area contributed by atoms with Crippen LogP contribution in [0.15, 0.2) is 60.8 Å². The van der Waals surface area contributed by atoms with Crippen LogP contribution in [-0.2, 0) is 9.59 Å². The van der Waals surface area contributed by atoms with Gasteiger partial charge >= 0.3 is 0 Å². The molecular weight excluding hydrogens is 358 g/mol. The van der Waals surface area contributed by atoms with Crippen LogP contribution < -0.4 is 20.5 Å². The average Bonchev–Trinajstić information content (AvgIpc) is 2.71. The Morgan fingerprint density at radius 3 is 2.75 bits per heavy atom. The van der Waals surface area contributed by atoms with E-state index in [1.807, 2.05) is 24.3 Å². The summed E-state index contributed by atoms with van der Waals surface area (Å²) in [5.41, 5.74) is 7.17. The van der Waals surface area contributed by atoms with E-state index in [2.05, 4.69) is 10.3 Å². The second kappa shape index (κ2) is 8.68. The number of aromatic nitrogens is 1. The lowest BCUT2D eigenvalue weighted by atomic mass is 10.1. The van der Waals surface area contributed by atoms with E-state index < -0.39 is 5.91 Å². The summed E-state index contributed by atoms with van der Waals surface area (Å²) in [5, 5.41) is 3.78. The summed E-state index contributed by atoms with van der Waals surface area (Å²) < 4.78 is 10.5. The smallest absolute Gasteiger partial charge is 0.255 e. The van der Waals surface area contributed by atoms with Crippen molar-refractivity contribution in [1.82, 2.24) is 4.98 Å². The summed E-state index contributed by atoms with van der Waals surface area (Å²) in [5.74, 6) is -0.0383. The molecule has 0 saturated carbocycles. The summed E-state index contributed by atoms with van der Waals surface area (Å²) in [6, 6.07) is 14.5. The topological polar surface area (TPSA) is 104 Å². The van der Waals surface area contributed by atoms with E-state index in [1.54, 1.807) is 36.5 Å². The van der Waals surface area contributed by atoms with Gasteiger partial charge in [-0.2, -0.15) is 0 Å². The first-order valence-corrected chi connectivity index (χ1v) is 8.49. The highest BCUT2D eigenvalue weighted by atomic mass is 16.5. The summed E-state index contributed by atoms with van der Waals surface area (Å²) in [6.45, 7) is -0.243. The van der Waals surface area contributed by atoms with Gasteiger partial charge in [0, 0.05) is 17.7 Å². The van der Waals surface area contributed by atoms with Crippen molar-refractivity contribution < 1.29 is 19.1 Å². The van der Waals surface area contributed by atoms with E-state index in [9.17, 15) is 9.59 Å². The molecule has 1 heterocycles. The zero-order valence-electron chi connectivity index (χ0n) is 15.2. The molecule has 0 aliphatic rings. The van der Waals surface area contributed by atoms with E-state index in [4.69, 9.17) is 15.2 Å². The minimum atomic E-state index is -0.578. The number of amides is 2. The fraction of sp³-hybridized carbons (Fsp3) is 0.0952. The molecule has 142 valence electrons. The predicted molar refractivity (Wildman–Crippen MR) is 107 cm³/mol. The van der Waals surface area contributed by atoms with Crippen LogP contribution >= 0.6 is 0 Å². The molecule has 2 amide bonds. The Kier molecular flexibility index (Phi) is 5.86. The van der Waals surface area contributed by atoms with Crippen molar-refractivity contribution in [2.45, 2.75) is 0 Å². The fourth-order valence-electron chi connectivity index (χ4n) is 2.61. The molecule has 3 aromatic rings. The Morgan fingerprint density at radius 2 is 1.96 bits per heavy atom. The summed E-state index contributed by atoms with van der Waals surface area (Å²) >= 11 is 0. The average molecular weight is 377 g/mol. The number of hydrogen-bond acceptors (Lipinski definition) is 5. The molecule has 28 heavy (non-hydrogen) atoms. The van der Waals surface area contributed by atoms with Gasteiger partial charge < -0.3 is 20.5 Å². The number of hydrogen-bond donors (Lipinski definition) is 2. The third-order valence-corrected chi connectivity index (χ3v) is 3.88. The normalized spacial score (nSPS) is 10.8. The van der Waals surface area contributed by atoms with Crippen molar-refractivity contribution in [3.63, 3.8) is 0 Å². The van der Waals surface area contributed by atoms with Crippen molar-refractivity contribution in [2.75, 3.05) is 19.0 Å². The van der Waals surface area contributed by atoms with E-state index in [0.717, 1.165) is 16.5 Å². The van der Waals surface area contributed by atoms with E-state index >= 15 is 0 Å². The van der Waals surface area contributed by atoms with Crippen LogP contribution in [0.25, 0.3) is 17.0 Å². The molecule has 0 aliphatic carbocycles. The van der Waals surface area contributed by atoms with Gasteiger partial charge in [0.15, 0.2) is 18.1 Å². The molecule has 0 aliphatic heterocycles. The first-order chi connectivity index (χ1) is 13.6. The summed E-state index contributed by atoms with van der Waals surface area (Å²) in [6.07, 6.45) is 4.75. The Bertz CT molecular complexity index is 1040. The van der Waals surface area contributed by atoms with Crippen LogP contribution in [0, 0.1) is 0 Å². The largest absolute Gasteiger partial charge is 0.493 e. The predicted octanol–water partition coefficient (Wildman–Crippen LogP) is 2.76. The number of fused-ring (bicyclic) bond motifs is 1. The highest BCUT2D eigenvalue weighted by Crippen LogP contribution is 2.28. The third kappa shape index (κ3) is 4.64. The molecule has 0 atom stereocenters. The van der Waals surface area contributed by atoms with Crippen LogP contribution in [0.4, 0.5) is 5.69 Å². The van der Waals surface area contributed by atoms with Gasteiger partial charge in [0.05, 0.1) is 18.3 Å². The van der Waals surface area contributed by atoms with Gasteiger partial charge in [-0.3, -0.25) is 14.6 Å². The van der Waals surface area contributed by atoms with Crippen LogP contribution in [0.5, 0.6) is 11.5 Å². The lowest BCUT2D eigenvalue weighted by Crippen LogP contribution is -2.20.